The van der Waals surface area contributed by atoms with Crippen molar-refractivity contribution in [3.63, 3.8) is 0 Å². The lowest BCUT2D eigenvalue weighted by atomic mass is 10.1. The molecule has 0 saturated carbocycles. The fourth-order valence-corrected chi connectivity index (χ4v) is 3.12. The van der Waals surface area contributed by atoms with Gasteiger partial charge in [0.2, 0.25) is 0 Å². The molecule has 0 atom stereocenters. The van der Waals surface area contributed by atoms with E-state index in [-0.39, 0.29) is 0 Å². The number of rotatable bonds is 4. The molecule has 19 heavy (non-hydrogen) atoms. The zero-order chi connectivity index (χ0) is 13.1. The topological polar surface area (TPSA) is 24.9 Å². The van der Waals surface area contributed by atoms with Crippen LogP contribution >= 0.6 is 22.9 Å². The van der Waals surface area contributed by atoms with Gasteiger partial charge in [0.15, 0.2) is 0 Å². The molecule has 2 heterocycles. The molecule has 3 rings (SSSR count). The maximum Gasteiger partial charge on any atom is 0.0746 e. The summed E-state index contributed by atoms with van der Waals surface area (Å²) >= 11 is 7.59. The van der Waals surface area contributed by atoms with Gasteiger partial charge >= 0.3 is 0 Å². The van der Waals surface area contributed by atoms with Crippen LogP contribution in [0, 0.1) is 0 Å². The number of benzene rings is 1. The second kappa shape index (κ2) is 5.70. The highest BCUT2D eigenvalue weighted by Gasteiger charge is 2.02. The van der Waals surface area contributed by atoms with Gasteiger partial charge in [-0.15, -0.1) is 11.3 Å². The summed E-state index contributed by atoms with van der Waals surface area (Å²) in [4.78, 5) is 5.70. The van der Waals surface area contributed by atoms with E-state index in [4.69, 9.17) is 11.6 Å². The minimum absolute atomic E-state index is 0.809. The molecule has 0 aliphatic heterocycles. The van der Waals surface area contributed by atoms with Crippen molar-refractivity contribution in [3.05, 3.63) is 63.4 Å². The zero-order valence-corrected chi connectivity index (χ0v) is 11.8. The number of nitrogens with zero attached hydrogens (tertiary/aromatic N) is 1. The van der Waals surface area contributed by atoms with Gasteiger partial charge in [-0.25, -0.2) is 0 Å². The van der Waals surface area contributed by atoms with Gasteiger partial charge in [0.05, 0.1) is 10.5 Å². The molecule has 0 amide bonds. The molecule has 1 aromatic carbocycles. The van der Waals surface area contributed by atoms with Crippen LogP contribution in [0.4, 0.5) is 0 Å². The van der Waals surface area contributed by atoms with Crippen molar-refractivity contribution in [2.45, 2.75) is 13.1 Å². The molecule has 96 valence electrons. The van der Waals surface area contributed by atoms with Gasteiger partial charge in [-0.2, -0.15) is 0 Å². The minimum Gasteiger partial charge on any atom is -0.308 e. The van der Waals surface area contributed by atoms with Crippen molar-refractivity contribution in [3.8, 4) is 0 Å². The van der Waals surface area contributed by atoms with Gasteiger partial charge in [-0.3, -0.25) is 4.98 Å². The third-order valence-corrected chi connectivity index (χ3v) is 4.24. The van der Waals surface area contributed by atoms with E-state index in [0.29, 0.717) is 0 Å². The number of aromatic nitrogens is 1. The second-order valence-electron chi connectivity index (χ2n) is 4.33. The van der Waals surface area contributed by atoms with Crippen LogP contribution in [0.5, 0.6) is 0 Å². The van der Waals surface area contributed by atoms with Crippen LogP contribution in [0.25, 0.3) is 10.9 Å². The molecule has 0 bridgehead atoms. The molecule has 1 N–H and O–H groups in total. The Bertz CT molecular complexity index is 688. The van der Waals surface area contributed by atoms with E-state index in [1.54, 1.807) is 11.3 Å². The number of nitrogens with one attached hydrogen (secondary N) is 1. The van der Waals surface area contributed by atoms with Crippen molar-refractivity contribution in [1.82, 2.24) is 10.3 Å². The lowest BCUT2D eigenvalue weighted by molar-refractivity contribution is 0.703. The summed E-state index contributed by atoms with van der Waals surface area (Å²) < 4.78 is 0. The first kappa shape index (κ1) is 12.6. The van der Waals surface area contributed by atoms with Gasteiger partial charge in [0.1, 0.15) is 0 Å². The number of fused-ring (bicyclic) bond motifs is 1. The zero-order valence-electron chi connectivity index (χ0n) is 10.3. The molecule has 4 heteroatoms. The quantitative estimate of drug-likeness (QED) is 0.777. The van der Waals surface area contributed by atoms with E-state index in [0.717, 1.165) is 23.6 Å². The van der Waals surface area contributed by atoms with Gasteiger partial charge in [-0.05, 0) is 17.7 Å². The van der Waals surface area contributed by atoms with Crippen molar-refractivity contribution in [2.75, 3.05) is 0 Å². The number of halogens is 1. The van der Waals surface area contributed by atoms with E-state index in [9.17, 15) is 0 Å². The fourth-order valence-electron chi connectivity index (χ4n) is 2.08. The molecule has 0 saturated heterocycles. The lowest BCUT2D eigenvalue weighted by Gasteiger charge is -2.06. The number of para-hydroxylation sites is 1. The van der Waals surface area contributed by atoms with Crippen LogP contribution in [0.1, 0.15) is 10.4 Å². The predicted octanol–water partition coefficient (Wildman–Crippen LogP) is 4.24. The van der Waals surface area contributed by atoms with Crippen LogP contribution in [0.3, 0.4) is 0 Å². The van der Waals surface area contributed by atoms with Crippen molar-refractivity contribution >= 4 is 33.8 Å². The second-order valence-corrected chi connectivity index (χ2v) is 5.76. The molecule has 0 aliphatic rings. The first-order valence-electron chi connectivity index (χ1n) is 6.09. The van der Waals surface area contributed by atoms with E-state index in [2.05, 4.69) is 34.6 Å². The average Bonchev–Trinajstić information content (AvgIpc) is 2.85. The summed E-state index contributed by atoms with van der Waals surface area (Å²) in [5.41, 5.74) is 2.29. The SMILES string of the molecule is Clc1csc(CNCc2cccc3cccnc23)c1. The van der Waals surface area contributed by atoms with Crippen LogP contribution in [-0.2, 0) is 13.1 Å². The summed E-state index contributed by atoms with van der Waals surface area (Å²) in [7, 11) is 0. The van der Waals surface area contributed by atoms with Crippen LogP contribution in [0.15, 0.2) is 48.0 Å². The molecule has 0 radical (unpaired) electrons. The highest BCUT2D eigenvalue weighted by Crippen LogP contribution is 2.19. The maximum atomic E-state index is 5.91. The smallest absolute Gasteiger partial charge is 0.0746 e. The minimum atomic E-state index is 0.809. The fraction of sp³-hybridized carbons (Fsp3) is 0.133. The first-order chi connectivity index (χ1) is 9.33. The highest BCUT2D eigenvalue weighted by atomic mass is 35.5. The van der Waals surface area contributed by atoms with Crippen molar-refractivity contribution in [1.29, 1.82) is 0 Å². The predicted molar refractivity (Wildman–Crippen MR) is 81.6 cm³/mol. The van der Waals surface area contributed by atoms with Gasteiger partial charge in [0, 0.05) is 34.9 Å². The van der Waals surface area contributed by atoms with Gasteiger partial charge < -0.3 is 5.32 Å². The molecule has 0 fully saturated rings. The summed E-state index contributed by atoms with van der Waals surface area (Å²) in [5, 5.41) is 7.39. The summed E-state index contributed by atoms with van der Waals surface area (Å²) in [6.45, 7) is 1.64. The number of hydrogen-bond acceptors (Lipinski definition) is 3. The molecular weight excluding hydrogens is 276 g/mol. The monoisotopic (exact) mass is 288 g/mol. The Balaban J connectivity index is 1.71. The third kappa shape index (κ3) is 2.95. The van der Waals surface area contributed by atoms with E-state index >= 15 is 0 Å². The molecule has 0 spiro atoms. The molecular formula is C15H13ClN2S. The van der Waals surface area contributed by atoms with E-state index in [1.807, 2.05) is 23.7 Å². The number of thiophene rings is 1. The summed E-state index contributed by atoms with van der Waals surface area (Å²) in [6, 6.07) is 12.3. The Morgan fingerprint density at radius 1 is 1.16 bits per heavy atom. The van der Waals surface area contributed by atoms with Crippen LogP contribution < -0.4 is 5.32 Å². The maximum absolute atomic E-state index is 5.91. The van der Waals surface area contributed by atoms with Gasteiger partial charge in [-0.1, -0.05) is 35.9 Å². The Labute approximate surface area is 121 Å². The standard InChI is InChI=1S/C15H13ClN2S/c16-13-7-14(19-10-13)9-17-8-12-4-1-3-11-5-2-6-18-15(11)12/h1-7,10,17H,8-9H2. The number of pyridine rings is 1. The first-order valence-corrected chi connectivity index (χ1v) is 7.35. The summed E-state index contributed by atoms with van der Waals surface area (Å²) in [5.74, 6) is 0. The molecule has 2 aromatic heterocycles. The molecule has 3 aromatic rings. The largest absolute Gasteiger partial charge is 0.308 e. The van der Waals surface area contributed by atoms with Crippen LogP contribution in [-0.4, -0.2) is 4.98 Å². The third-order valence-electron chi connectivity index (χ3n) is 2.95. The van der Waals surface area contributed by atoms with E-state index in [1.165, 1.54) is 15.8 Å². The molecule has 2 nitrogen and oxygen atoms in total. The van der Waals surface area contributed by atoms with Gasteiger partial charge in [0.25, 0.3) is 0 Å². The Kier molecular flexibility index (Phi) is 3.78. The van der Waals surface area contributed by atoms with E-state index < -0.39 is 0 Å². The van der Waals surface area contributed by atoms with Crippen molar-refractivity contribution < 1.29 is 0 Å². The number of hydrogen-bond donors (Lipinski definition) is 1. The average molecular weight is 289 g/mol. The highest BCUT2D eigenvalue weighted by molar-refractivity contribution is 7.10. The van der Waals surface area contributed by atoms with Crippen molar-refractivity contribution in [2.24, 2.45) is 0 Å². The molecule has 0 aliphatic carbocycles. The Hall–Kier alpha value is -1.42. The van der Waals surface area contributed by atoms with Crippen LogP contribution in [0.2, 0.25) is 5.02 Å². The summed E-state index contributed by atoms with van der Waals surface area (Å²) in [6.07, 6.45) is 1.84. The normalized spacial score (nSPS) is 11.0. The Morgan fingerprint density at radius 3 is 2.89 bits per heavy atom. The molecule has 0 unspecified atom stereocenters. The Morgan fingerprint density at radius 2 is 2.05 bits per heavy atom. The lowest BCUT2D eigenvalue weighted by Crippen LogP contribution is -2.12.